The van der Waals surface area contributed by atoms with Crippen LogP contribution in [0.2, 0.25) is 0 Å². The molecule has 1 aliphatic heterocycles. The van der Waals surface area contributed by atoms with E-state index in [0.29, 0.717) is 23.9 Å². The summed E-state index contributed by atoms with van der Waals surface area (Å²) in [6, 6.07) is 17.1. The van der Waals surface area contributed by atoms with Gasteiger partial charge in [-0.2, -0.15) is 0 Å². The molecule has 4 rings (SSSR count). The Labute approximate surface area is 169 Å². The fourth-order valence-corrected chi connectivity index (χ4v) is 3.58. The Bertz CT molecular complexity index is 976. The summed E-state index contributed by atoms with van der Waals surface area (Å²) >= 11 is 0. The molecule has 0 atom stereocenters. The molecular weight excluding hydrogens is 368 g/mol. The van der Waals surface area contributed by atoms with Gasteiger partial charge in [0.2, 0.25) is 5.88 Å². The highest BCUT2D eigenvalue weighted by Crippen LogP contribution is 2.26. The molecule has 1 aromatic heterocycles. The van der Waals surface area contributed by atoms with Crippen molar-refractivity contribution >= 4 is 17.5 Å². The molecule has 7 nitrogen and oxygen atoms in total. The van der Waals surface area contributed by atoms with Gasteiger partial charge in [-0.15, -0.1) is 0 Å². The van der Waals surface area contributed by atoms with Crippen LogP contribution in [-0.4, -0.2) is 48.9 Å². The molecule has 150 valence electrons. The highest BCUT2D eigenvalue weighted by Gasteiger charge is 2.24. The zero-order chi connectivity index (χ0) is 20.2. The van der Waals surface area contributed by atoms with Crippen molar-refractivity contribution < 1.29 is 19.3 Å². The Hall–Kier alpha value is -3.32. The number of phenols is 1. The van der Waals surface area contributed by atoms with E-state index in [0.717, 1.165) is 37.4 Å². The van der Waals surface area contributed by atoms with Gasteiger partial charge in [0.05, 0.1) is 31.9 Å². The lowest BCUT2D eigenvalue weighted by Crippen LogP contribution is -3.15. The van der Waals surface area contributed by atoms with Crippen LogP contribution >= 0.6 is 0 Å². The monoisotopic (exact) mass is 393 g/mol. The molecular formula is C22H25N4O3+. The largest absolute Gasteiger partial charge is 0.506 e. The molecule has 1 fully saturated rings. The van der Waals surface area contributed by atoms with Crippen LogP contribution < -0.4 is 15.1 Å². The molecule has 0 aliphatic carbocycles. The first-order valence-corrected chi connectivity index (χ1v) is 9.78. The van der Waals surface area contributed by atoms with E-state index in [1.165, 1.54) is 10.5 Å². The molecule has 0 unspecified atom stereocenters. The number of hydrogen-bond donors (Lipinski definition) is 3. The Balaban J connectivity index is 1.29. The average Bonchev–Trinajstić information content (AvgIpc) is 3.18. The molecule has 7 heteroatoms. The standard InChI is InChI=1S/C22H24N4O3/c1-16-6-8-17(9-7-16)18-14-22(29-24-18)23-21(28)15-25-10-12-26(13-11-25)19-4-2-3-5-20(19)27/h2-9,14,27H,10-13,15H2,1H3,(H,23,28)/p+1. The Morgan fingerprint density at radius 3 is 2.62 bits per heavy atom. The van der Waals surface area contributed by atoms with Crippen molar-refractivity contribution in [3.05, 3.63) is 60.2 Å². The van der Waals surface area contributed by atoms with Crippen LogP contribution in [0.4, 0.5) is 11.6 Å². The van der Waals surface area contributed by atoms with Crippen LogP contribution in [0.15, 0.2) is 59.1 Å². The summed E-state index contributed by atoms with van der Waals surface area (Å²) in [4.78, 5) is 15.8. The maximum atomic E-state index is 12.4. The topological polar surface area (TPSA) is 83.0 Å². The quantitative estimate of drug-likeness (QED) is 0.615. The molecule has 29 heavy (non-hydrogen) atoms. The minimum Gasteiger partial charge on any atom is -0.506 e. The third-order valence-corrected chi connectivity index (χ3v) is 5.22. The minimum atomic E-state index is -0.0948. The molecule has 0 bridgehead atoms. The number of nitrogens with one attached hydrogen (secondary N) is 2. The maximum absolute atomic E-state index is 12.4. The number of aryl methyl sites for hydroxylation is 1. The van der Waals surface area contributed by atoms with E-state index in [2.05, 4.69) is 15.4 Å². The fraction of sp³-hybridized carbons (Fsp3) is 0.273. The van der Waals surface area contributed by atoms with E-state index in [1.807, 2.05) is 49.4 Å². The van der Waals surface area contributed by atoms with Gasteiger partial charge in [0.15, 0.2) is 6.54 Å². The van der Waals surface area contributed by atoms with Crippen molar-refractivity contribution in [2.45, 2.75) is 6.92 Å². The maximum Gasteiger partial charge on any atom is 0.281 e. The van der Waals surface area contributed by atoms with Crippen molar-refractivity contribution in [2.24, 2.45) is 0 Å². The molecule has 0 spiro atoms. The van der Waals surface area contributed by atoms with Gasteiger partial charge in [-0.1, -0.05) is 47.1 Å². The molecule has 0 saturated carbocycles. The number of phenolic OH excluding ortho intramolecular Hbond substituents is 1. The van der Waals surface area contributed by atoms with E-state index in [9.17, 15) is 9.90 Å². The number of nitrogens with zero attached hydrogens (tertiary/aromatic N) is 2. The number of piperazine rings is 1. The number of aromatic nitrogens is 1. The van der Waals surface area contributed by atoms with Crippen molar-refractivity contribution in [3.63, 3.8) is 0 Å². The predicted molar refractivity (Wildman–Crippen MR) is 111 cm³/mol. The van der Waals surface area contributed by atoms with Crippen molar-refractivity contribution in [2.75, 3.05) is 42.9 Å². The third-order valence-electron chi connectivity index (χ3n) is 5.22. The van der Waals surface area contributed by atoms with E-state index in [4.69, 9.17) is 4.52 Å². The van der Waals surface area contributed by atoms with Gasteiger partial charge in [-0.25, -0.2) is 0 Å². The third kappa shape index (κ3) is 4.57. The van der Waals surface area contributed by atoms with Crippen molar-refractivity contribution in [1.82, 2.24) is 5.16 Å². The first-order chi connectivity index (χ1) is 14.1. The second kappa shape index (κ2) is 8.36. The van der Waals surface area contributed by atoms with Crippen LogP contribution in [0, 0.1) is 6.92 Å². The minimum absolute atomic E-state index is 0.0948. The zero-order valence-electron chi connectivity index (χ0n) is 16.4. The Kier molecular flexibility index (Phi) is 5.48. The smallest absolute Gasteiger partial charge is 0.281 e. The fourth-order valence-electron chi connectivity index (χ4n) is 3.58. The summed E-state index contributed by atoms with van der Waals surface area (Å²) < 4.78 is 5.27. The molecule has 1 aliphatic rings. The summed E-state index contributed by atoms with van der Waals surface area (Å²) in [6.07, 6.45) is 0. The Morgan fingerprint density at radius 1 is 1.17 bits per heavy atom. The van der Waals surface area contributed by atoms with Gasteiger partial charge in [0.25, 0.3) is 5.91 Å². The van der Waals surface area contributed by atoms with Gasteiger partial charge < -0.3 is 19.4 Å². The lowest BCUT2D eigenvalue weighted by molar-refractivity contribution is -0.892. The molecule has 1 saturated heterocycles. The van der Waals surface area contributed by atoms with Gasteiger partial charge in [-0.05, 0) is 19.1 Å². The van der Waals surface area contributed by atoms with Crippen LogP contribution in [0.1, 0.15) is 5.56 Å². The summed E-state index contributed by atoms with van der Waals surface area (Å²) in [5.74, 6) is 0.559. The number of anilines is 2. The first kappa shape index (κ1) is 19.0. The van der Waals surface area contributed by atoms with Gasteiger partial charge >= 0.3 is 0 Å². The number of rotatable bonds is 5. The molecule has 3 aromatic rings. The zero-order valence-corrected chi connectivity index (χ0v) is 16.4. The summed E-state index contributed by atoms with van der Waals surface area (Å²) in [7, 11) is 0. The lowest BCUT2D eigenvalue weighted by Gasteiger charge is -2.33. The van der Waals surface area contributed by atoms with E-state index >= 15 is 0 Å². The van der Waals surface area contributed by atoms with Crippen LogP contribution in [0.25, 0.3) is 11.3 Å². The van der Waals surface area contributed by atoms with Crippen molar-refractivity contribution in [3.8, 4) is 17.0 Å². The molecule has 0 radical (unpaired) electrons. The number of amides is 1. The SMILES string of the molecule is Cc1ccc(-c2cc(NC(=O)C[NH+]3CCN(c4ccccc4O)CC3)on2)cc1. The van der Waals surface area contributed by atoms with E-state index < -0.39 is 0 Å². The second-order valence-corrected chi connectivity index (χ2v) is 7.39. The molecule has 2 heterocycles. The molecule has 2 aromatic carbocycles. The van der Waals surface area contributed by atoms with Gasteiger partial charge in [0.1, 0.15) is 11.4 Å². The first-order valence-electron chi connectivity index (χ1n) is 9.78. The van der Waals surface area contributed by atoms with E-state index in [-0.39, 0.29) is 5.91 Å². The summed E-state index contributed by atoms with van der Waals surface area (Å²) in [6.45, 7) is 5.64. The van der Waals surface area contributed by atoms with Gasteiger partial charge in [-0.3, -0.25) is 10.1 Å². The van der Waals surface area contributed by atoms with Crippen molar-refractivity contribution in [1.29, 1.82) is 0 Å². The number of carbonyl (C=O) groups is 1. The van der Waals surface area contributed by atoms with E-state index in [1.54, 1.807) is 12.1 Å². The lowest BCUT2D eigenvalue weighted by atomic mass is 10.1. The van der Waals surface area contributed by atoms with Crippen LogP contribution in [0.3, 0.4) is 0 Å². The number of carbonyl (C=O) groups excluding carboxylic acids is 1. The normalized spacial score (nSPS) is 14.7. The highest BCUT2D eigenvalue weighted by atomic mass is 16.5. The number of benzene rings is 2. The molecule has 1 amide bonds. The molecule has 3 N–H and O–H groups in total. The predicted octanol–water partition coefficient (Wildman–Crippen LogP) is 1.70. The number of aromatic hydroxyl groups is 1. The number of hydrogen-bond acceptors (Lipinski definition) is 5. The Morgan fingerprint density at radius 2 is 1.90 bits per heavy atom. The van der Waals surface area contributed by atoms with Crippen LogP contribution in [-0.2, 0) is 4.79 Å². The average molecular weight is 393 g/mol. The van der Waals surface area contributed by atoms with Gasteiger partial charge in [0, 0.05) is 11.6 Å². The number of para-hydroxylation sites is 2. The number of quaternary nitrogens is 1. The van der Waals surface area contributed by atoms with Crippen LogP contribution in [0.5, 0.6) is 5.75 Å². The highest BCUT2D eigenvalue weighted by molar-refractivity contribution is 5.90. The summed E-state index contributed by atoms with van der Waals surface area (Å²) in [5, 5.41) is 16.8. The second-order valence-electron chi connectivity index (χ2n) is 7.39. The summed E-state index contributed by atoms with van der Waals surface area (Å²) in [5.41, 5.74) is 3.67.